The van der Waals surface area contributed by atoms with Crippen molar-refractivity contribution in [1.29, 1.82) is 0 Å². The second kappa shape index (κ2) is 6.10. The Morgan fingerprint density at radius 3 is 2.32 bits per heavy atom. The molecule has 2 aromatic rings. The molecule has 5 nitrogen and oxygen atoms in total. The van der Waals surface area contributed by atoms with Gasteiger partial charge in [-0.1, -0.05) is 18.2 Å². The Balaban J connectivity index is 2.34. The third-order valence-corrected chi connectivity index (χ3v) is 7.61. The van der Waals surface area contributed by atoms with E-state index in [0.29, 0.717) is 5.30 Å². The van der Waals surface area contributed by atoms with Crippen LogP contribution >= 0.6 is 7.52 Å². The number of anilines is 1. The van der Waals surface area contributed by atoms with Gasteiger partial charge in [-0.05, 0) is 43.2 Å². The molecule has 0 bridgehead atoms. The molecule has 132 valence electrons. The first-order valence-corrected chi connectivity index (χ1v) is 9.79. The quantitative estimate of drug-likeness (QED) is 0.606. The monoisotopic (exact) mass is 359 g/mol. The number of benzene rings is 2. The molecule has 0 aromatic heterocycles. The molecule has 25 heavy (non-hydrogen) atoms. The Morgan fingerprint density at radius 1 is 1.16 bits per heavy atom. The van der Waals surface area contributed by atoms with Gasteiger partial charge in [0, 0.05) is 13.2 Å². The van der Waals surface area contributed by atoms with E-state index in [4.69, 9.17) is 4.52 Å². The minimum absolute atomic E-state index is 0.00668. The number of hydrogen-bond donors (Lipinski definition) is 0. The summed E-state index contributed by atoms with van der Waals surface area (Å²) in [6.07, 6.45) is 0. The smallest absolute Gasteiger partial charge is 0.313 e. The van der Waals surface area contributed by atoms with E-state index in [-0.39, 0.29) is 17.1 Å². The van der Waals surface area contributed by atoms with E-state index >= 15 is 0 Å². The number of carbonyl (C=O) groups is 1. The number of para-hydroxylation sites is 1. The van der Waals surface area contributed by atoms with Crippen LogP contribution in [0.2, 0.25) is 0 Å². The van der Waals surface area contributed by atoms with Crippen molar-refractivity contribution in [2.24, 2.45) is 0 Å². The third-order valence-electron chi connectivity index (χ3n) is 5.16. The lowest BCUT2D eigenvalue weighted by Gasteiger charge is -2.45. The molecule has 6 heteroatoms. The number of fused-ring (bicyclic) bond motifs is 1. The maximum absolute atomic E-state index is 13.9. The SMILES string of the molecule is COP1(=O)c2cc(C)c(C)cc2[N+](C)(C(C)=O)CN1c1ccccc1. The van der Waals surface area contributed by atoms with Crippen LogP contribution < -0.4 is 14.5 Å². The van der Waals surface area contributed by atoms with Crippen molar-refractivity contribution in [1.82, 2.24) is 4.48 Å². The standard InChI is InChI=1S/C19H24N2O3P/c1-14-11-18-19(12-15(14)2)25(23,24-5)20(13-21(18,4)16(3)22)17-9-7-6-8-10-17/h6-12H,13H2,1-5H3/q+1. The zero-order valence-electron chi connectivity index (χ0n) is 15.3. The van der Waals surface area contributed by atoms with Crippen molar-refractivity contribution in [2.45, 2.75) is 20.8 Å². The average molecular weight is 359 g/mol. The van der Waals surface area contributed by atoms with E-state index in [9.17, 15) is 9.36 Å². The second-order valence-corrected chi connectivity index (χ2v) is 9.09. The summed E-state index contributed by atoms with van der Waals surface area (Å²) in [5, 5.41) is 0.603. The van der Waals surface area contributed by atoms with Crippen LogP contribution in [0.4, 0.5) is 11.4 Å². The Kier molecular flexibility index (Phi) is 4.36. The summed E-state index contributed by atoms with van der Waals surface area (Å²) in [6, 6.07) is 13.4. The number of carbonyl (C=O) groups excluding carboxylic acids is 1. The molecule has 1 aliphatic rings. The van der Waals surface area contributed by atoms with Gasteiger partial charge >= 0.3 is 13.4 Å². The molecule has 3 rings (SSSR count). The fourth-order valence-corrected chi connectivity index (χ4v) is 5.71. The third kappa shape index (κ3) is 2.63. The Bertz CT molecular complexity index is 882. The lowest BCUT2D eigenvalue weighted by atomic mass is 10.1. The molecule has 0 N–H and O–H groups in total. The number of nitrogens with zero attached hydrogens (tertiary/aromatic N) is 2. The van der Waals surface area contributed by atoms with Gasteiger partial charge in [-0.25, -0.2) is 13.9 Å². The van der Waals surface area contributed by atoms with Crippen molar-refractivity contribution in [2.75, 3.05) is 25.5 Å². The first-order valence-electron chi connectivity index (χ1n) is 8.22. The van der Waals surface area contributed by atoms with Gasteiger partial charge in [0.15, 0.2) is 12.4 Å². The first-order chi connectivity index (χ1) is 11.7. The van der Waals surface area contributed by atoms with E-state index in [0.717, 1.165) is 22.5 Å². The van der Waals surface area contributed by atoms with Crippen molar-refractivity contribution in [3.8, 4) is 0 Å². The van der Waals surface area contributed by atoms with Gasteiger partial charge in [0.25, 0.3) is 0 Å². The predicted molar refractivity (Wildman–Crippen MR) is 102 cm³/mol. The minimum Gasteiger partial charge on any atom is -0.313 e. The molecular formula is C19H24N2O3P+. The normalized spacial score (nSPS) is 25.6. The summed E-state index contributed by atoms with van der Waals surface area (Å²) in [4.78, 5) is 12.6. The topological polar surface area (TPSA) is 46.6 Å². The summed E-state index contributed by atoms with van der Waals surface area (Å²) in [6.45, 7) is 5.82. The van der Waals surface area contributed by atoms with Crippen LogP contribution in [0.25, 0.3) is 0 Å². The van der Waals surface area contributed by atoms with Crippen molar-refractivity contribution < 1.29 is 13.9 Å². The molecular weight excluding hydrogens is 335 g/mol. The number of rotatable bonds is 2. The molecule has 1 aliphatic heterocycles. The van der Waals surface area contributed by atoms with Crippen LogP contribution in [0, 0.1) is 13.8 Å². The highest BCUT2D eigenvalue weighted by Gasteiger charge is 2.51. The lowest BCUT2D eigenvalue weighted by molar-refractivity contribution is -0.126. The van der Waals surface area contributed by atoms with E-state index in [1.54, 1.807) is 11.6 Å². The maximum Gasteiger partial charge on any atom is 0.336 e. The Labute approximate surface area is 148 Å². The fourth-order valence-electron chi connectivity index (χ4n) is 3.26. The molecule has 0 saturated carbocycles. The first kappa shape index (κ1) is 17.9. The minimum atomic E-state index is -3.32. The average Bonchev–Trinajstić information content (AvgIpc) is 2.60. The molecule has 0 fully saturated rings. The maximum atomic E-state index is 13.9. The van der Waals surface area contributed by atoms with Crippen molar-refractivity contribution in [3.63, 3.8) is 0 Å². The van der Waals surface area contributed by atoms with Crippen LogP contribution in [-0.4, -0.2) is 26.7 Å². The van der Waals surface area contributed by atoms with Crippen LogP contribution in [-0.2, 0) is 13.9 Å². The Morgan fingerprint density at radius 2 is 1.76 bits per heavy atom. The van der Waals surface area contributed by atoms with E-state index in [1.165, 1.54) is 7.11 Å². The lowest BCUT2D eigenvalue weighted by Crippen LogP contribution is -2.60. The van der Waals surface area contributed by atoms with E-state index in [1.807, 2.05) is 63.4 Å². The molecule has 2 atom stereocenters. The van der Waals surface area contributed by atoms with Gasteiger partial charge in [-0.2, -0.15) is 0 Å². The molecule has 1 amide bonds. The second-order valence-electron chi connectivity index (χ2n) is 6.72. The fraction of sp³-hybridized carbons (Fsp3) is 0.316. The van der Waals surface area contributed by atoms with Crippen LogP contribution in [0.3, 0.4) is 0 Å². The zero-order chi connectivity index (χ0) is 18.4. The molecule has 0 aliphatic carbocycles. The van der Waals surface area contributed by atoms with E-state index in [2.05, 4.69) is 0 Å². The van der Waals surface area contributed by atoms with Crippen LogP contribution in [0.5, 0.6) is 0 Å². The van der Waals surface area contributed by atoms with Crippen molar-refractivity contribution in [3.05, 3.63) is 53.6 Å². The number of aryl methyl sites for hydroxylation is 2. The van der Waals surface area contributed by atoms with Gasteiger partial charge in [-0.15, -0.1) is 0 Å². The van der Waals surface area contributed by atoms with Gasteiger partial charge in [-0.3, -0.25) is 4.57 Å². The van der Waals surface area contributed by atoms with E-state index < -0.39 is 7.52 Å². The summed E-state index contributed by atoms with van der Waals surface area (Å²) >= 11 is 0. The molecule has 0 saturated heterocycles. The van der Waals surface area contributed by atoms with Crippen LogP contribution in [0.1, 0.15) is 18.1 Å². The summed E-state index contributed by atoms with van der Waals surface area (Å²) in [5.41, 5.74) is 3.64. The highest BCUT2D eigenvalue weighted by atomic mass is 31.2. The van der Waals surface area contributed by atoms with Crippen molar-refractivity contribution >= 4 is 30.1 Å². The summed E-state index contributed by atoms with van der Waals surface area (Å²) in [7, 11) is 0.0202. The number of amides is 1. The molecule has 2 unspecified atom stereocenters. The molecule has 0 radical (unpaired) electrons. The zero-order valence-corrected chi connectivity index (χ0v) is 16.2. The number of hydrogen-bond acceptors (Lipinski definition) is 3. The van der Waals surface area contributed by atoms with Gasteiger partial charge in [0.2, 0.25) is 0 Å². The summed E-state index contributed by atoms with van der Waals surface area (Å²) < 4.78 is 21.3. The molecule has 1 heterocycles. The number of quaternary nitrogens is 1. The highest BCUT2D eigenvalue weighted by molar-refractivity contribution is 7.69. The molecule has 2 aromatic carbocycles. The predicted octanol–water partition coefficient (Wildman–Crippen LogP) is 3.73. The van der Waals surface area contributed by atoms with Gasteiger partial charge in [0.1, 0.15) is 5.30 Å². The largest absolute Gasteiger partial charge is 0.336 e. The van der Waals surface area contributed by atoms with Crippen LogP contribution in [0.15, 0.2) is 42.5 Å². The summed E-state index contributed by atoms with van der Waals surface area (Å²) in [5.74, 6) is -0.00668. The molecule has 0 spiro atoms. The highest BCUT2D eigenvalue weighted by Crippen LogP contribution is 2.57. The van der Waals surface area contributed by atoms with Gasteiger partial charge < -0.3 is 4.52 Å². The van der Waals surface area contributed by atoms with Gasteiger partial charge in [0.05, 0.1) is 19.7 Å². The Hall–Kier alpha value is -1.94.